The van der Waals surface area contributed by atoms with E-state index in [0.717, 1.165) is 10.5 Å². The van der Waals surface area contributed by atoms with Crippen LogP contribution in [0.4, 0.5) is 18.9 Å². The third kappa shape index (κ3) is 4.31. The number of rotatable bonds is 5. The van der Waals surface area contributed by atoms with E-state index in [0.29, 0.717) is 11.9 Å². The molecule has 0 spiro atoms. The molecule has 0 aliphatic rings. The molecule has 0 saturated heterocycles. The molecule has 0 radical (unpaired) electrons. The molecule has 4 aromatic heterocycles. The molecule has 0 unspecified atom stereocenters. The van der Waals surface area contributed by atoms with E-state index in [4.69, 9.17) is 11.6 Å². The summed E-state index contributed by atoms with van der Waals surface area (Å²) in [5, 5.41) is 16.3. The molecule has 0 aromatic carbocycles. The van der Waals surface area contributed by atoms with Crippen LogP contribution in [-0.4, -0.2) is 35.2 Å². The van der Waals surface area contributed by atoms with Crippen LogP contribution in [0.5, 0.6) is 0 Å². The number of hydrogen-bond acceptors (Lipinski definition) is 6. The summed E-state index contributed by atoms with van der Waals surface area (Å²) in [6, 6.07) is 5.17. The molecule has 4 aromatic rings. The van der Waals surface area contributed by atoms with Crippen molar-refractivity contribution in [2.24, 2.45) is 7.05 Å². The minimum atomic E-state index is -4.73. The minimum Gasteiger partial charge on any atom is -0.476 e. The van der Waals surface area contributed by atoms with Crippen LogP contribution in [0.1, 0.15) is 27.2 Å². The van der Waals surface area contributed by atoms with Gasteiger partial charge in [0.25, 0.3) is 5.56 Å². The number of halogens is 4. The second-order valence-corrected chi connectivity index (χ2v) is 7.79. The monoisotopic (exact) mass is 492 g/mol. The molecule has 0 atom stereocenters. The van der Waals surface area contributed by atoms with E-state index in [1.54, 1.807) is 19.3 Å². The maximum absolute atomic E-state index is 13.6. The molecular weight excluding hydrogens is 477 g/mol. The molecule has 0 amide bonds. The predicted octanol–water partition coefficient (Wildman–Crippen LogP) is 3.78. The summed E-state index contributed by atoms with van der Waals surface area (Å²) in [4.78, 5) is 32.7. The third-order valence-electron chi connectivity index (χ3n) is 5.04. The van der Waals surface area contributed by atoms with Crippen molar-refractivity contribution >= 4 is 28.9 Å². The summed E-state index contributed by atoms with van der Waals surface area (Å²) in [5.74, 6) is -1.37. The number of hydrogen-bond donors (Lipinski definition) is 2. The van der Waals surface area contributed by atoms with Gasteiger partial charge in [0.05, 0.1) is 11.3 Å². The van der Waals surface area contributed by atoms with Crippen LogP contribution in [0.2, 0.25) is 5.15 Å². The number of aryl methyl sites for hydroxylation is 1. The van der Waals surface area contributed by atoms with Gasteiger partial charge >= 0.3 is 12.1 Å². The van der Waals surface area contributed by atoms with Gasteiger partial charge in [0, 0.05) is 37.1 Å². The van der Waals surface area contributed by atoms with E-state index in [2.05, 4.69) is 20.4 Å². The molecule has 2 N–H and O–H groups in total. The van der Waals surface area contributed by atoms with Gasteiger partial charge in [-0.15, -0.1) is 0 Å². The smallest absolute Gasteiger partial charge is 0.417 e. The highest BCUT2D eigenvalue weighted by molar-refractivity contribution is 6.29. The molecule has 0 aliphatic carbocycles. The van der Waals surface area contributed by atoms with Crippen LogP contribution in [0.25, 0.3) is 17.0 Å². The van der Waals surface area contributed by atoms with Crippen LogP contribution >= 0.6 is 11.6 Å². The Balaban J connectivity index is 1.90. The fourth-order valence-electron chi connectivity index (χ4n) is 3.40. The molecule has 0 aliphatic heterocycles. The molecule has 176 valence electrons. The van der Waals surface area contributed by atoms with Gasteiger partial charge in [-0.2, -0.15) is 18.3 Å². The largest absolute Gasteiger partial charge is 0.476 e. The highest BCUT2D eigenvalue weighted by atomic mass is 35.5. The Labute approximate surface area is 194 Å². The molecule has 4 heterocycles. The van der Waals surface area contributed by atoms with Crippen molar-refractivity contribution in [3.05, 3.63) is 74.6 Å². The van der Waals surface area contributed by atoms with Crippen molar-refractivity contribution in [2.75, 3.05) is 5.32 Å². The van der Waals surface area contributed by atoms with Crippen molar-refractivity contribution in [2.45, 2.75) is 19.6 Å². The first-order valence-corrected chi connectivity index (χ1v) is 10.1. The first kappa shape index (κ1) is 23.2. The lowest BCUT2D eigenvalue weighted by Gasteiger charge is -2.16. The van der Waals surface area contributed by atoms with E-state index in [9.17, 15) is 27.9 Å². The molecule has 34 heavy (non-hydrogen) atoms. The third-order valence-corrected chi connectivity index (χ3v) is 5.25. The van der Waals surface area contributed by atoms with Crippen molar-refractivity contribution in [1.82, 2.24) is 24.1 Å². The van der Waals surface area contributed by atoms with E-state index < -0.39 is 29.0 Å². The first-order chi connectivity index (χ1) is 16.0. The maximum Gasteiger partial charge on any atom is 0.417 e. The van der Waals surface area contributed by atoms with Crippen LogP contribution < -0.4 is 10.9 Å². The average molecular weight is 493 g/mol. The zero-order valence-corrected chi connectivity index (χ0v) is 18.4. The summed E-state index contributed by atoms with van der Waals surface area (Å²) >= 11 is 5.75. The molecule has 0 bridgehead atoms. The molecule has 9 nitrogen and oxygen atoms in total. The van der Waals surface area contributed by atoms with Crippen LogP contribution in [0.15, 0.2) is 41.5 Å². The Morgan fingerprint density at radius 3 is 2.59 bits per heavy atom. The second kappa shape index (κ2) is 8.45. The van der Waals surface area contributed by atoms with Crippen molar-refractivity contribution in [3.8, 4) is 11.4 Å². The van der Waals surface area contributed by atoms with Gasteiger partial charge in [-0.25, -0.2) is 14.8 Å². The number of nitrogens with zero attached hydrogens (tertiary/aromatic N) is 5. The van der Waals surface area contributed by atoms with Crippen molar-refractivity contribution in [1.29, 1.82) is 0 Å². The van der Waals surface area contributed by atoms with Gasteiger partial charge in [0.1, 0.15) is 22.2 Å². The summed E-state index contributed by atoms with van der Waals surface area (Å²) in [6.45, 7) is 1.18. The Morgan fingerprint density at radius 2 is 1.97 bits per heavy atom. The van der Waals surface area contributed by atoms with E-state index in [-0.39, 0.29) is 39.9 Å². The van der Waals surface area contributed by atoms with E-state index in [1.807, 2.05) is 0 Å². The lowest BCUT2D eigenvalue weighted by molar-refractivity contribution is -0.137. The normalized spacial score (nSPS) is 11.7. The topological polar surface area (TPSA) is 114 Å². The number of carbonyl (C=O) groups is 1. The molecular formula is C21H16ClF3N6O3. The number of alkyl halides is 3. The SMILES string of the molecule is Cc1c(-c2ccn(C)n2)nc2c(CNc3ccc(Cl)nc3C(=O)O)cc(C(F)(F)F)cn2c1=O. The summed E-state index contributed by atoms with van der Waals surface area (Å²) in [7, 11) is 1.68. The summed E-state index contributed by atoms with van der Waals surface area (Å²) < 4.78 is 43.1. The lowest BCUT2D eigenvalue weighted by Crippen LogP contribution is -2.23. The fraction of sp³-hybridized carbons (Fsp3) is 0.190. The number of carboxylic acids is 1. The van der Waals surface area contributed by atoms with Gasteiger partial charge < -0.3 is 10.4 Å². The van der Waals surface area contributed by atoms with Gasteiger partial charge in [-0.05, 0) is 31.2 Å². The molecule has 0 fully saturated rings. The summed E-state index contributed by atoms with van der Waals surface area (Å²) in [6.07, 6.45) is -2.39. The number of nitrogens with one attached hydrogen (secondary N) is 1. The summed E-state index contributed by atoms with van der Waals surface area (Å²) in [5.41, 5.74) is -1.39. The van der Waals surface area contributed by atoms with Crippen molar-refractivity contribution < 1.29 is 23.1 Å². The van der Waals surface area contributed by atoms with Crippen molar-refractivity contribution in [3.63, 3.8) is 0 Å². The number of carboxylic acid groups (broad SMARTS) is 1. The van der Waals surface area contributed by atoms with Crippen LogP contribution in [0.3, 0.4) is 0 Å². The number of pyridine rings is 2. The number of aromatic carboxylic acids is 1. The zero-order valence-electron chi connectivity index (χ0n) is 17.7. The number of anilines is 1. The number of fused-ring (bicyclic) bond motifs is 1. The Bertz CT molecular complexity index is 1500. The highest BCUT2D eigenvalue weighted by Gasteiger charge is 2.32. The lowest BCUT2D eigenvalue weighted by atomic mass is 10.1. The quantitative estimate of drug-likeness (QED) is 0.407. The van der Waals surface area contributed by atoms with Gasteiger partial charge in [-0.1, -0.05) is 11.6 Å². The van der Waals surface area contributed by atoms with E-state index >= 15 is 0 Å². The Morgan fingerprint density at radius 1 is 1.24 bits per heavy atom. The maximum atomic E-state index is 13.6. The average Bonchev–Trinajstić information content (AvgIpc) is 3.20. The zero-order chi connectivity index (χ0) is 24.8. The Kier molecular flexibility index (Phi) is 5.77. The molecule has 13 heteroatoms. The van der Waals surface area contributed by atoms with E-state index in [1.165, 1.54) is 23.7 Å². The minimum absolute atomic E-state index is 0.00962. The van der Waals surface area contributed by atoms with Gasteiger partial charge in [-0.3, -0.25) is 13.9 Å². The first-order valence-electron chi connectivity index (χ1n) is 9.72. The second-order valence-electron chi connectivity index (χ2n) is 7.40. The molecule has 0 saturated carbocycles. The molecule has 4 rings (SSSR count). The Hall–Kier alpha value is -3.93. The number of aromatic nitrogens is 5. The van der Waals surface area contributed by atoms with Gasteiger partial charge in [0.2, 0.25) is 0 Å². The highest BCUT2D eigenvalue weighted by Crippen LogP contribution is 2.31. The fourth-order valence-corrected chi connectivity index (χ4v) is 3.55. The van der Waals surface area contributed by atoms with Crippen LogP contribution in [0, 0.1) is 6.92 Å². The van der Waals surface area contributed by atoms with Gasteiger partial charge in [0.15, 0.2) is 5.69 Å². The predicted molar refractivity (Wildman–Crippen MR) is 117 cm³/mol. The standard InChI is InChI=1S/C21H16ClF3N6O3/c1-10-16(14-5-6-30(2)29-14)28-18-11(7-12(21(23,24)25)9-31(18)19(10)32)8-26-13-3-4-15(22)27-17(13)20(33)34/h3-7,9,26H,8H2,1-2H3,(H,33,34). The van der Waals surface area contributed by atoms with Crippen LogP contribution in [-0.2, 0) is 19.8 Å².